The summed E-state index contributed by atoms with van der Waals surface area (Å²) in [5.74, 6) is -0.201. The van der Waals surface area contributed by atoms with E-state index in [1.54, 1.807) is 18.2 Å². The summed E-state index contributed by atoms with van der Waals surface area (Å²) in [6.07, 6.45) is 1.86. The molecule has 0 spiro atoms. The molecular weight excluding hydrogens is 457 g/mol. The number of rotatable bonds is 3. The molecular formula is C26H19Cl2N3O2. The molecule has 1 atom stereocenters. The third kappa shape index (κ3) is 3.80. The van der Waals surface area contributed by atoms with Crippen LogP contribution >= 0.6 is 23.2 Å². The average molecular weight is 476 g/mol. The van der Waals surface area contributed by atoms with E-state index in [2.05, 4.69) is 10.4 Å². The summed E-state index contributed by atoms with van der Waals surface area (Å²) in [6, 6.07) is 21.9. The first kappa shape index (κ1) is 21.3. The molecule has 1 amide bonds. The van der Waals surface area contributed by atoms with E-state index >= 15 is 0 Å². The number of H-pyrrole nitrogens is 1. The fourth-order valence-corrected chi connectivity index (χ4v) is 4.67. The highest BCUT2D eigenvalue weighted by Crippen LogP contribution is 2.39. The Kier molecular flexibility index (Phi) is 5.44. The fourth-order valence-electron chi connectivity index (χ4n) is 4.25. The van der Waals surface area contributed by atoms with Crippen molar-refractivity contribution in [2.24, 2.45) is 0 Å². The lowest BCUT2D eigenvalue weighted by atomic mass is 9.94. The molecule has 7 heteroatoms. The van der Waals surface area contributed by atoms with Gasteiger partial charge in [-0.1, -0.05) is 71.7 Å². The molecule has 0 fully saturated rings. The quantitative estimate of drug-likeness (QED) is 0.384. The molecule has 2 heterocycles. The Hall–Kier alpha value is -3.54. The van der Waals surface area contributed by atoms with Gasteiger partial charge in [0.25, 0.3) is 5.56 Å². The van der Waals surface area contributed by atoms with E-state index in [9.17, 15) is 9.59 Å². The van der Waals surface area contributed by atoms with Crippen molar-refractivity contribution in [1.29, 1.82) is 0 Å². The van der Waals surface area contributed by atoms with Crippen LogP contribution < -0.4 is 11.0 Å². The van der Waals surface area contributed by atoms with E-state index in [1.807, 2.05) is 60.7 Å². The number of halogens is 2. The Morgan fingerprint density at radius 3 is 2.39 bits per heavy atom. The lowest BCUT2D eigenvalue weighted by molar-refractivity contribution is -0.132. The van der Waals surface area contributed by atoms with Crippen LogP contribution in [-0.2, 0) is 4.79 Å². The van der Waals surface area contributed by atoms with Crippen molar-refractivity contribution in [3.8, 4) is 11.1 Å². The highest BCUT2D eigenvalue weighted by atomic mass is 35.5. The number of fused-ring (bicyclic) bond motifs is 1. The molecule has 1 aliphatic rings. The molecule has 0 saturated heterocycles. The highest BCUT2D eigenvalue weighted by molar-refractivity contribution is 6.32. The third-order valence-corrected chi connectivity index (χ3v) is 6.29. The van der Waals surface area contributed by atoms with Gasteiger partial charge in [0.05, 0.1) is 11.3 Å². The molecule has 1 aliphatic heterocycles. The standard InChI is InChI=1S/C26H19Cl2N3O2/c1-15(32)31-23(18-9-5-6-10-20(18)28)14-22(30-31)25-24(16-7-3-2-4-8-16)19-13-17(27)11-12-21(19)29-26(25)33/h2-14,23,30H,1H3,(H,29,33)/t23-/m1/s1. The first-order chi connectivity index (χ1) is 15.9. The van der Waals surface area contributed by atoms with Gasteiger partial charge in [0, 0.05) is 33.4 Å². The second-order valence-electron chi connectivity index (χ2n) is 7.81. The van der Waals surface area contributed by atoms with Crippen molar-refractivity contribution in [1.82, 2.24) is 15.4 Å². The number of benzene rings is 3. The molecule has 2 N–H and O–H groups in total. The van der Waals surface area contributed by atoms with Crippen molar-refractivity contribution in [3.05, 3.63) is 110 Å². The van der Waals surface area contributed by atoms with Crippen LogP contribution in [-0.4, -0.2) is 15.9 Å². The van der Waals surface area contributed by atoms with Gasteiger partial charge in [-0.15, -0.1) is 0 Å². The number of amides is 1. The summed E-state index contributed by atoms with van der Waals surface area (Å²) in [7, 11) is 0. The van der Waals surface area contributed by atoms with Crippen molar-refractivity contribution in [2.75, 3.05) is 0 Å². The maximum Gasteiger partial charge on any atom is 0.258 e. The van der Waals surface area contributed by atoms with Crippen LogP contribution in [0, 0.1) is 0 Å². The number of hydrogen-bond donors (Lipinski definition) is 2. The van der Waals surface area contributed by atoms with Crippen molar-refractivity contribution < 1.29 is 4.79 Å². The molecule has 1 aromatic heterocycles. The van der Waals surface area contributed by atoms with E-state index in [0.29, 0.717) is 26.8 Å². The summed E-state index contributed by atoms with van der Waals surface area (Å²) in [5.41, 5.74) is 6.87. The zero-order valence-electron chi connectivity index (χ0n) is 17.6. The van der Waals surface area contributed by atoms with E-state index in [0.717, 1.165) is 22.1 Å². The Morgan fingerprint density at radius 2 is 1.67 bits per heavy atom. The lowest BCUT2D eigenvalue weighted by Gasteiger charge is -2.25. The zero-order valence-corrected chi connectivity index (χ0v) is 19.1. The minimum atomic E-state index is -0.468. The molecule has 0 radical (unpaired) electrons. The monoisotopic (exact) mass is 475 g/mol. The van der Waals surface area contributed by atoms with Crippen LogP contribution in [0.15, 0.2) is 83.7 Å². The van der Waals surface area contributed by atoms with Crippen LogP contribution in [0.5, 0.6) is 0 Å². The van der Waals surface area contributed by atoms with Crippen LogP contribution in [0.1, 0.15) is 24.1 Å². The number of nitrogens with zero attached hydrogens (tertiary/aromatic N) is 1. The number of hydrogen-bond acceptors (Lipinski definition) is 3. The molecule has 0 bridgehead atoms. The maximum absolute atomic E-state index is 13.4. The SMILES string of the molecule is CC(=O)N1NC(c2c(-c3ccccc3)c3cc(Cl)ccc3[nH]c2=O)=C[C@@H]1c1ccccc1Cl. The number of pyridine rings is 1. The lowest BCUT2D eigenvalue weighted by Crippen LogP contribution is -2.38. The van der Waals surface area contributed by atoms with Gasteiger partial charge in [0.15, 0.2) is 0 Å². The molecule has 5 nitrogen and oxygen atoms in total. The topological polar surface area (TPSA) is 65.2 Å². The van der Waals surface area contributed by atoms with Gasteiger partial charge in [-0.3, -0.25) is 15.0 Å². The summed E-state index contributed by atoms with van der Waals surface area (Å²) < 4.78 is 0. The predicted octanol–water partition coefficient (Wildman–Crippen LogP) is 5.95. The van der Waals surface area contributed by atoms with Gasteiger partial charge >= 0.3 is 0 Å². The summed E-state index contributed by atoms with van der Waals surface area (Å²) >= 11 is 12.8. The molecule has 4 aromatic rings. The maximum atomic E-state index is 13.4. The minimum Gasteiger partial charge on any atom is -0.321 e. The Labute approximate surface area is 200 Å². The Bertz CT molecular complexity index is 1480. The normalized spacial score (nSPS) is 15.4. The van der Waals surface area contributed by atoms with Crippen molar-refractivity contribution in [3.63, 3.8) is 0 Å². The largest absolute Gasteiger partial charge is 0.321 e. The first-order valence-corrected chi connectivity index (χ1v) is 11.1. The van der Waals surface area contributed by atoms with Gasteiger partial charge in [-0.25, -0.2) is 5.01 Å². The molecule has 0 unspecified atom stereocenters. The number of aromatic amines is 1. The van der Waals surface area contributed by atoms with E-state index < -0.39 is 6.04 Å². The molecule has 5 rings (SSSR count). The van der Waals surface area contributed by atoms with Gasteiger partial charge in [-0.2, -0.15) is 0 Å². The van der Waals surface area contributed by atoms with Gasteiger partial charge in [0.1, 0.15) is 6.04 Å². The van der Waals surface area contributed by atoms with Crippen molar-refractivity contribution in [2.45, 2.75) is 13.0 Å². The van der Waals surface area contributed by atoms with Crippen LogP contribution in [0.25, 0.3) is 27.7 Å². The molecule has 33 heavy (non-hydrogen) atoms. The number of carbonyl (C=O) groups is 1. The third-order valence-electron chi connectivity index (χ3n) is 5.71. The summed E-state index contributed by atoms with van der Waals surface area (Å²) in [6.45, 7) is 1.47. The van der Waals surface area contributed by atoms with E-state index in [4.69, 9.17) is 23.2 Å². The zero-order chi connectivity index (χ0) is 23.1. The minimum absolute atomic E-state index is 0.201. The van der Waals surface area contributed by atoms with Gasteiger partial charge in [-0.05, 0) is 41.5 Å². The number of carbonyl (C=O) groups excluding carboxylic acids is 1. The van der Waals surface area contributed by atoms with Crippen LogP contribution in [0.2, 0.25) is 10.0 Å². The highest BCUT2D eigenvalue weighted by Gasteiger charge is 2.32. The van der Waals surface area contributed by atoms with E-state index in [-0.39, 0.29) is 11.5 Å². The van der Waals surface area contributed by atoms with Gasteiger partial charge < -0.3 is 4.98 Å². The summed E-state index contributed by atoms with van der Waals surface area (Å²) in [4.78, 5) is 28.8. The summed E-state index contributed by atoms with van der Waals surface area (Å²) in [5, 5.41) is 3.38. The fraction of sp³-hybridized carbons (Fsp3) is 0.0769. The van der Waals surface area contributed by atoms with Crippen LogP contribution in [0.3, 0.4) is 0 Å². The Morgan fingerprint density at radius 1 is 0.939 bits per heavy atom. The Balaban J connectivity index is 1.79. The second-order valence-corrected chi connectivity index (χ2v) is 8.65. The number of nitrogens with one attached hydrogen (secondary N) is 2. The van der Waals surface area contributed by atoms with Crippen LogP contribution in [0.4, 0.5) is 0 Å². The molecule has 0 saturated carbocycles. The molecule has 0 aliphatic carbocycles. The van der Waals surface area contributed by atoms with E-state index in [1.165, 1.54) is 11.9 Å². The second kappa shape index (κ2) is 8.43. The first-order valence-electron chi connectivity index (χ1n) is 10.4. The van der Waals surface area contributed by atoms with Crippen molar-refractivity contribution >= 4 is 45.7 Å². The predicted molar refractivity (Wildman–Crippen MR) is 133 cm³/mol. The molecule has 164 valence electrons. The smallest absolute Gasteiger partial charge is 0.258 e. The van der Waals surface area contributed by atoms with Gasteiger partial charge in [0.2, 0.25) is 5.91 Å². The average Bonchev–Trinajstić information content (AvgIpc) is 3.24. The molecule has 3 aromatic carbocycles. The number of hydrazine groups is 1. The number of aromatic nitrogens is 1.